The maximum Gasteiger partial charge on any atom is 0.336 e. The third kappa shape index (κ3) is 3.69. The fraction of sp³-hybridized carbons (Fsp3) is 0.455. The van der Waals surface area contributed by atoms with Gasteiger partial charge in [-0.1, -0.05) is 19.8 Å². The van der Waals surface area contributed by atoms with Gasteiger partial charge in [0, 0.05) is 24.1 Å². The van der Waals surface area contributed by atoms with Crippen LogP contribution in [0.15, 0.2) is 33.5 Å². The van der Waals surface area contributed by atoms with Crippen LogP contribution in [0.3, 0.4) is 0 Å². The summed E-state index contributed by atoms with van der Waals surface area (Å²) in [6.45, 7) is 1.98. The minimum Gasteiger partial charge on any atom is -0.426 e. The number of rotatable bonds is 5. The fourth-order valence-electron chi connectivity index (χ4n) is 4.40. The molecule has 2 fully saturated rings. The molecule has 1 saturated heterocycles. The van der Waals surface area contributed by atoms with E-state index in [0.717, 1.165) is 36.6 Å². The summed E-state index contributed by atoms with van der Waals surface area (Å²) in [6, 6.07) is 6.35. The molecule has 1 saturated carbocycles. The predicted molar refractivity (Wildman–Crippen MR) is 104 cm³/mol. The molecule has 1 aromatic carbocycles. The highest BCUT2D eigenvalue weighted by molar-refractivity contribution is 6.05. The van der Waals surface area contributed by atoms with Crippen LogP contribution in [0.4, 0.5) is 0 Å². The van der Waals surface area contributed by atoms with Gasteiger partial charge in [-0.3, -0.25) is 19.3 Å². The van der Waals surface area contributed by atoms with E-state index >= 15 is 0 Å². The molecule has 152 valence electrons. The number of carbonyl (C=O) groups is 3. The van der Waals surface area contributed by atoms with E-state index in [2.05, 4.69) is 0 Å². The first kappa shape index (κ1) is 19.4. The SMILES string of the molecule is CCc1cc(=O)oc2cc(OC(=O)CCN3C(=O)[C@H]4CCCC[C@@H]4C3=O)ccc12. The van der Waals surface area contributed by atoms with Crippen LogP contribution < -0.4 is 10.4 Å². The molecule has 29 heavy (non-hydrogen) atoms. The van der Waals surface area contributed by atoms with Crippen molar-refractivity contribution in [3.8, 4) is 5.75 Å². The summed E-state index contributed by atoms with van der Waals surface area (Å²) < 4.78 is 10.5. The first-order valence-electron chi connectivity index (χ1n) is 10.1. The molecule has 2 heterocycles. The maximum atomic E-state index is 12.5. The van der Waals surface area contributed by atoms with Crippen molar-refractivity contribution in [2.75, 3.05) is 6.54 Å². The minimum absolute atomic E-state index is 0.0339. The fourth-order valence-corrected chi connectivity index (χ4v) is 4.40. The minimum atomic E-state index is -0.547. The molecule has 0 unspecified atom stereocenters. The van der Waals surface area contributed by atoms with Gasteiger partial charge in [0.1, 0.15) is 11.3 Å². The zero-order chi connectivity index (χ0) is 20.5. The summed E-state index contributed by atoms with van der Waals surface area (Å²) in [5.41, 5.74) is 0.764. The second-order valence-electron chi connectivity index (χ2n) is 7.65. The Labute approximate surface area is 167 Å². The van der Waals surface area contributed by atoms with Gasteiger partial charge in [-0.05, 0) is 37.0 Å². The van der Waals surface area contributed by atoms with Gasteiger partial charge in [-0.2, -0.15) is 0 Å². The van der Waals surface area contributed by atoms with Gasteiger partial charge in [0.15, 0.2) is 0 Å². The number of imide groups is 1. The van der Waals surface area contributed by atoms with E-state index in [1.807, 2.05) is 6.92 Å². The number of fused-ring (bicyclic) bond motifs is 2. The average Bonchev–Trinajstić information content (AvgIpc) is 2.96. The van der Waals surface area contributed by atoms with Crippen LogP contribution in [0.5, 0.6) is 5.75 Å². The van der Waals surface area contributed by atoms with E-state index in [4.69, 9.17) is 9.15 Å². The molecule has 1 aliphatic heterocycles. The van der Waals surface area contributed by atoms with Crippen LogP contribution in [0.2, 0.25) is 0 Å². The van der Waals surface area contributed by atoms with Gasteiger partial charge in [0.25, 0.3) is 0 Å². The monoisotopic (exact) mass is 397 g/mol. The van der Waals surface area contributed by atoms with Crippen molar-refractivity contribution in [3.05, 3.63) is 40.2 Å². The molecule has 2 atom stereocenters. The lowest BCUT2D eigenvalue weighted by Gasteiger charge is -2.19. The number of hydrogen-bond acceptors (Lipinski definition) is 6. The molecule has 0 spiro atoms. The van der Waals surface area contributed by atoms with Crippen LogP contribution in [0.25, 0.3) is 11.0 Å². The Hall–Kier alpha value is -2.96. The number of likely N-dealkylation sites (tertiary alicyclic amines) is 1. The molecule has 0 radical (unpaired) electrons. The van der Waals surface area contributed by atoms with Crippen molar-refractivity contribution in [1.29, 1.82) is 0 Å². The van der Waals surface area contributed by atoms with E-state index in [0.29, 0.717) is 12.0 Å². The predicted octanol–water partition coefficient (Wildman–Crippen LogP) is 2.83. The first-order chi connectivity index (χ1) is 14.0. The molecule has 0 bridgehead atoms. The summed E-state index contributed by atoms with van der Waals surface area (Å²) in [4.78, 5) is 50.1. The Bertz CT molecular complexity index is 1020. The Balaban J connectivity index is 1.42. The van der Waals surface area contributed by atoms with Crippen LogP contribution in [-0.4, -0.2) is 29.2 Å². The number of carbonyl (C=O) groups excluding carboxylic acids is 3. The van der Waals surface area contributed by atoms with Gasteiger partial charge >= 0.3 is 11.6 Å². The molecule has 7 heteroatoms. The third-order valence-electron chi connectivity index (χ3n) is 5.89. The standard InChI is InChI=1S/C22H23NO6/c1-2-13-11-20(25)29-18-12-14(7-8-15(13)18)28-19(24)9-10-23-21(26)16-5-3-4-6-17(16)22(23)27/h7-8,11-12,16-17H,2-6,9-10H2,1H3/t16-,17-/m0/s1. The highest BCUT2D eigenvalue weighted by Crippen LogP contribution is 2.38. The molecule has 0 N–H and O–H groups in total. The third-order valence-corrected chi connectivity index (χ3v) is 5.89. The summed E-state index contributed by atoms with van der Waals surface area (Å²) in [5, 5.41) is 0.794. The van der Waals surface area contributed by atoms with Gasteiger partial charge < -0.3 is 9.15 Å². The topological polar surface area (TPSA) is 93.9 Å². The second-order valence-corrected chi connectivity index (χ2v) is 7.65. The van der Waals surface area contributed by atoms with Crippen LogP contribution >= 0.6 is 0 Å². The van der Waals surface area contributed by atoms with Crippen molar-refractivity contribution >= 4 is 28.8 Å². The Morgan fingerprint density at radius 1 is 1.10 bits per heavy atom. The van der Waals surface area contributed by atoms with Crippen molar-refractivity contribution in [2.24, 2.45) is 11.8 Å². The first-order valence-corrected chi connectivity index (χ1v) is 10.1. The van der Waals surface area contributed by atoms with Gasteiger partial charge in [0.05, 0.1) is 18.3 Å². The summed E-state index contributed by atoms with van der Waals surface area (Å²) in [7, 11) is 0. The molecular formula is C22H23NO6. The van der Waals surface area contributed by atoms with Crippen LogP contribution in [0, 0.1) is 11.8 Å². The van der Waals surface area contributed by atoms with Gasteiger partial charge in [-0.15, -0.1) is 0 Å². The highest BCUT2D eigenvalue weighted by atomic mass is 16.5. The quantitative estimate of drug-likeness (QED) is 0.333. The Kier molecular flexibility index (Phi) is 5.22. The molecule has 1 aliphatic carbocycles. The number of aryl methyl sites for hydroxylation is 1. The molecule has 4 rings (SSSR count). The maximum absolute atomic E-state index is 12.5. The normalized spacial score (nSPS) is 21.5. The Morgan fingerprint density at radius 3 is 2.45 bits per heavy atom. The molecule has 2 aromatic rings. The zero-order valence-electron chi connectivity index (χ0n) is 16.3. The highest BCUT2D eigenvalue weighted by Gasteiger charge is 2.47. The van der Waals surface area contributed by atoms with Gasteiger partial charge in [-0.25, -0.2) is 4.79 Å². The van der Waals surface area contributed by atoms with Gasteiger partial charge in [0.2, 0.25) is 11.8 Å². The largest absolute Gasteiger partial charge is 0.426 e. The van der Waals surface area contributed by atoms with Crippen molar-refractivity contribution in [2.45, 2.75) is 45.4 Å². The van der Waals surface area contributed by atoms with Crippen molar-refractivity contribution < 1.29 is 23.5 Å². The summed E-state index contributed by atoms with van der Waals surface area (Å²) in [5.74, 6) is -1.05. The number of esters is 1. The molecule has 2 aliphatic rings. The number of nitrogens with zero attached hydrogens (tertiary/aromatic N) is 1. The summed E-state index contributed by atoms with van der Waals surface area (Å²) >= 11 is 0. The molecule has 2 amide bonds. The number of amides is 2. The lowest BCUT2D eigenvalue weighted by atomic mass is 9.81. The molecule has 1 aromatic heterocycles. The number of ether oxygens (including phenoxy) is 1. The van der Waals surface area contributed by atoms with E-state index < -0.39 is 11.6 Å². The van der Waals surface area contributed by atoms with Crippen molar-refractivity contribution in [3.63, 3.8) is 0 Å². The number of hydrogen-bond donors (Lipinski definition) is 0. The average molecular weight is 397 g/mol. The van der Waals surface area contributed by atoms with E-state index in [9.17, 15) is 19.2 Å². The van der Waals surface area contributed by atoms with Crippen LogP contribution in [-0.2, 0) is 20.8 Å². The Morgan fingerprint density at radius 2 is 1.79 bits per heavy atom. The van der Waals surface area contributed by atoms with E-state index in [-0.39, 0.29) is 42.4 Å². The second kappa shape index (κ2) is 7.81. The van der Waals surface area contributed by atoms with E-state index in [1.54, 1.807) is 12.1 Å². The van der Waals surface area contributed by atoms with Crippen molar-refractivity contribution in [1.82, 2.24) is 4.90 Å². The zero-order valence-corrected chi connectivity index (χ0v) is 16.3. The number of benzene rings is 1. The van der Waals surface area contributed by atoms with E-state index in [1.165, 1.54) is 17.0 Å². The molecule has 7 nitrogen and oxygen atoms in total. The lowest BCUT2D eigenvalue weighted by molar-refractivity contribution is -0.141. The molecular weight excluding hydrogens is 374 g/mol. The summed E-state index contributed by atoms with van der Waals surface area (Å²) in [6.07, 6.45) is 4.04. The smallest absolute Gasteiger partial charge is 0.336 e. The lowest BCUT2D eigenvalue weighted by Crippen LogP contribution is -2.33. The van der Waals surface area contributed by atoms with Crippen LogP contribution in [0.1, 0.15) is 44.6 Å².